The molecule has 1 aromatic carbocycles. The van der Waals surface area contributed by atoms with E-state index in [1.807, 2.05) is 19.9 Å². The molecule has 1 rings (SSSR count). The molecule has 0 aliphatic rings. The Hall–Kier alpha value is -0.810. The van der Waals surface area contributed by atoms with Crippen LogP contribution in [0.4, 0.5) is 18.9 Å². The van der Waals surface area contributed by atoms with Gasteiger partial charge in [-0.25, -0.2) is 0 Å². The van der Waals surface area contributed by atoms with Crippen LogP contribution in [-0.4, -0.2) is 10.5 Å². The summed E-state index contributed by atoms with van der Waals surface area (Å²) in [5, 5.41) is 0. The maximum Gasteiger partial charge on any atom is 0.437 e. The van der Waals surface area contributed by atoms with E-state index in [1.54, 1.807) is 12.1 Å². The topological polar surface area (TPSA) is 12.4 Å². The molecule has 0 bridgehead atoms. The Morgan fingerprint density at radius 1 is 1.19 bits per heavy atom. The van der Waals surface area contributed by atoms with E-state index in [0.717, 1.165) is 11.1 Å². The molecule has 0 spiro atoms. The molecular formula is C10H9ClF3NS. The molecule has 0 aliphatic carbocycles. The Balaban J connectivity index is 3.09. The van der Waals surface area contributed by atoms with Crippen molar-refractivity contribution in [2.75, 3.05) is 0 Å². The standard InChI is InChI=1S/C10H9ClF3NS/c1-6-3-7(2)5-8(4-6)15-16-9(11)10(12,13)14/h3-5H,1-2H3. The molecule has 0 aromatic heterocycles. The number of nitrogens with zero attached hydrogens (tertiary/aromatic N) is 1. The van der Waals surface area contributed by atoms with Gasteiger partial charge < -0.3 is 0 Å². The second-order valence-electron chi connectivity index (χ2n) is 3.30. The first kappa shape index (κ1) is 13.3. The third-order valence-corrected chi connectivity index (χ3v) is 2.78. The number of alkyl halides is 3. The first-order valence-corrected chi connectivity index (χ1v) is 5.50. The van der Waals surface area contributed by atoms with Gasteiger partial charge >= 0.3 is 6.18 Å². The van der Waals surface area contributed by atoms with Crippen molar-refractivity contribution >= 4 is 32.8 Å². The van der Waals surface area contributed by atoms with E-state index in [1.165, 1.54) is 0 Å². The summed E-state index contributed by atoms with van der Waals surface area (Å²) in [6, 6.07) is 5.31. The molecule has 0 heterocycles. The number of benzene rings is 1. The van der Waals surface area contributed by atoms with Gasteiger partial charge in [-0.2, -0.15) is 17.5 Å². The summed E-state index contributed by atoms with van der Waals surface area (Å²) in [5.41, 5.74) is 2.37. The van der Waals surface area contributed by atoms with Crippen molar-refractivity contribution in [3.63, 3.8) is 0 Å². The van der Waals surface area contributed by atoms with Crippen LogP contribution in [-0.2, 0) is 11.1 Å². The molecule has 0 aliphatic heterocycles. The highest BCUT2D eigenvalue weighted by Crippen LogP contribution is 2.20. The largest absolute Gasteiger partial charge is 0.437 e. The van der Waals surface area contributed by atoms with Crippen LogP contribution in [0.25, 0.3) is 0 Å². The van der Waals surface area contributed by atoms with E-state index in [-0.39, 0.29) is 11.1 Å². The van der Waals surface area contributed by atoms with Crippen LogP contribution in [0.1, 0.15) is 11.1 Å². The first-order chi connectivity index (χ1) is 7.29. The van der Waals surface area contributed by atoms with Gasteiger partial charge in [0.25, 0.3) is 0 Å². The van der Waals surface area contributed by atoms with Crippen molar-refractivity contribution < 1.29 is 13.2 Å². The van der Waals surface area contributed by atoms with Crippen LogP contribution in [0.5, 0.6) is 0 Å². The Kier molecular flexibility index (Phi) is 4.15. The average Bonchev–Trinajstić information content (AvgIpc) is 2.11. The van der Waals surface area contributed by atoms with Gasteiger partial charge in [0.2, 0.25) is 0 Å². The molecule has 0 saturated carbocycles. The van der Waals surface area contributed by atoms with Gasteiger partial charge in [0.15, 0.2) is 4.32 Å². The highest BCUT2D eigenvalue weighted by atomic mass is 35.5. The van der Waals surface area contributed by atoms with E-state index in [4.69, 9.17) is 11.6 Å². The lowest BCUT2D eigenvalue weighted by Gasteiger charge is -2.00. The van der Waals surface area contributed by atoms with Crippen LogP contribution in [0, 0.1) is 13.8 Å². The Labute approximate surface area is 100.0 Å². The van der Waals surface area contributed by atoms with Gasteiger partial charge in [0.1, 0.15) is 0 Å². The number of rotatable bonds is 1. The SMILES string of the molecule is Cc1cc(C)cc(N=S=C(Cl)C(F)(F)F)c1. The van der Waals surface area contributed by atoms with Crippen LogP contribution in [0.2, 0.25) is 0 Å². The van der Waals surface area contributed by atoms with Crippen molar-refractivity contribution in [2.24, 2.45) is 4.36 Å². The second kappa shape index (κ2) is 5.01. The normalized spacial score (nSPS) is 11.1. The van der Waals surface area contributed by atoms with Gasteiger partial charge in [-0.1, -0.05) is 17.7 Å². The minimum Gasteiger partial charge on any atom is -0.192 e. The molecule has 1 nitrogen and oxygen atoms in total. The molecule has 0 N–H and O–H groups in total. The minimum absolute atomic E-state index is 0.236. The maximum atomic E-state index is 12.1. The van der Waals surface area contributed by atoms with Crippen LogP contribution in [0.3, 0.4) is 0 Å². The molecule has 0 fully saturated rings. The Morgan fingerprint density at radius 2 is 1.69 bits per heavy atom. The van der Waals surface area contributed by atoms with Gasteiger partial charge in [0, 0.05) is 0 Å². The van der Waals surface area contributed by atoms with E-state index < -0.39 is 10.5 Å². The number of aryl methyl sites for hydroxylation is 2. The summed E-state index contributed by atoms with van der Waals surface area (Å²) in [4.78, 5) is 0. The fourth-order valence-electron chi connectivity index (χ4n) is 1.15. The quantitative estimate of drug-likeness (QED) is 0.536. The number of halogens is 4. The third kappa shape index (κ3) is 3.98. The minimum atomic E-state index is -4.52. The van der Waals surface area contributed by atoms with Crippen molar-refractivity contribution in [3.8, 4) is 0 Å². The van der Waals surface area contributed by atoms with Crippen molar-refractivity contribution in [3.05, 3.63) is 29.3 Å². The predicted octanol–water partition coefficient (Wildman–Crippen LogP) is 4.13. The molecule has 16 heavy (non-hydrogen) atoms. The highest BCUT2D eigenvalue weighted by Gasteiger charge is 2.33. The summed E-state index contributed by atoms with van der Waals surface area (Å²) < 4.78 is 38.7. The van der Waals surface area contributed by atoms with Crippen molar-refractivity contribution in [2.45, 2.75) is 20.0 Å². The monoisotopic (exact) mass is 267 g/mol. The van der Waals surface area contributed by atoms with Crippen LogP contribution >= 0.6 is 11.6 Å². The summed E-state index contributed by atoms with van der Waals surface area (Å²) >= 11 is 5.28. The maximum absolute atomic E-state index is 12.1. The third-order valence-electron chi connectivity index (χ3n) is 1.66. The van der Waals surface area contributed by atoms with Crippen LogP contribution in [0.15, 0.2) is 22.6 Å². The van der Waals surface area contributed by atoms with E-state index in [2.05, 4.69) is 4.36 Å². The lowest BCUT2D eigenvalue weighted by molar-refractivity contribution is -0.0536. The molecule has 1 aromatic rings. The fourth-order valence-corrected chi connectivity index (χ4v) is 1.65. The Bertz CT molecular complexity index is 441. The number of hydrogen-bond acceptors (Lipinski definition) is 1. The summed E-state index contributed by atoms with van der Waals surface area (Å²) in [6.45, 7) is 3.71. The molecule has 0 atom stereocenters. The summed E-state index contributed by atoms with van der Waals surface area (Å²) in [7, 11) is 0. The predicted molar refractivity (Wildman–Crippen MR) is 62.3 cm³/mol. The molecular weight excluding hydrogens is 259 g/mol. The average molecular weight is 268 g/mol. The Morgan fingerprint density at radius 3 is 2.12 bits per heavy atom. The number of hydrogen-bond donors (Lipinski definition) is 0. The van der Waals surface area contributed by atoms with E-state index in [9.17, 15) is 13.2 Å². The summed E-state index contributed by atoms with van der Waals surface area (Å²) in [6.07, 6.45) is -4.52. The second-order valence-corrected chi connectivity index (χ2v) is 4.68. The molecule has 88 valence electrons. The molecule has 0 saturated heterocycles. The van der Waals surface area contributed by atoms with E-state index in [0.29, 0.717) is 5.69 Å². The molecule has 6 heteroatoms. The van der Waals surface area contributed by atoms with Gasteiger partial charge in [-0.15, -0.1) is 0 Å². The molecule has 0 unspecified atom stereocenters. The van der Waals surface area contributed by atoms with Crippen molar-refractivity contribution in [1.29, 1.82) is 0 Å². The zero-order chi connectivity index (χ0) is 12.3. The van der Waals surface area contributed by atoms with Gasteiger partial charge in [-0.3, -0.25) is 0 Å². The first-order valence-electron chi connectivity index (χ1n) is 4.35. The molecule has 0 radical (unpaired) electrons. The van der Waals surface area contributed by atoms with Crippen LogP contribution < -0.4 is 0 Å². The van der Waals surface area contributed by atoms with Gasteiger partial charge in [0.05, 0.1) is 5.69 Å². The summed E-state index contributed by atoms with van der Waals surface area (Å²) in [5.74, 6) is 0. The zero-order valence-electron chi connectivity index (χ0n) is 8.60. The fraction of sp³-hybridized carbons (Fsp3) is 0.300. The lowest BCUT2D eigenvalue weighted by atomic mass is 10.1. The highest BCUT2D eigenvalue weighted by molar-refractivity contribution is 7.72. The van der Waals surface area contributed by atoms with Crippen molar-refractivity contribution in [1.82, 2.24) is 0 Å². The zero-order valence-corrected chi connectivity index (χ0v) is 10.2. The van der Waals surface area contributed by atoms with E-state index >= 15 is 0 Å². The lowest BCUT2D eigenvalue weighted by Crippen LogP contribution is -2.16. The molecule has 0 amide bonds. The van der Waals surface area contributed by atoms with Gasteiger partial charge in [-0.05, 0) is 48.3 Å². The smallest absolute Gasteiger partial charge is 0.192 e.